The average Bonchev–Trinajstić information content (AvgIpc) is 3.55. The summed E-state index contributed by atoms with van der Waals surface area (Å²) >= 11 is 0. The maximum atomic E-state index is 16.2. The Morgan fingerprint density at radius 2 is 1.78 bits per heavy atom. The van der Waals surface area contributed by atoms with Crippen LogP contribution in [0.25, 0.3) is 22.8 Å². The summed E-state index contributed by atoms with van der Waals surface area (Å²) in [7, 11) is 1.38. The molecule has 1 amide bonds. The zero-order chi connectivity index (χ0) is 25.9. The number of carbonyl (C=O) groups excluding carboxylic acids is 1. The molecule has 0 N–H and O–H groups in total. The Kier molecular flexibility index (Phi) is 5.25. The highest BCUT2D eigenvalue weighted by atomic mass is 19.1. The molecule has 2 aliphatic rings. The number of amides is 1. The quantitative estimate of drug-likeness (QED) is 0.396. The highest BCUT2D eigenvalue weighted by molar-refractivity contribution is 6.08. The Morgan fingerprint density at radius 3 is 2.49 bits per heavy atom. The lowest BCUT2D eigenvalue weighted by molar-refractivity contribution is -0.122. The molecule has 188 valence electrons. The highest BCUT2D eigenvalue weighted by Gasteiger charge is 2.47. The number of carbonyl (C=O) groups is 1. The largest absolute Gasteiger partial charge is 0.491 e. The first kappa shape index (κ1) is 23.1. The summed E-state index contributed by atoms with van der Waals surface area (Å²) in [4.78, 5) is 28.2. The lowest BCUT2D eigenvalue weighted by Crippen LogP contribution is -2.37. The minimum absolute atomic E-state index is 0.0106. The van der Waals surface area contributed by atoms with E-state index >= 15 is 4.39 Å². The van der Waals surface area contributed by atoms with Gasteiger partial charge in [0.05, 0.1) is 42.0 Å². The minimum atomic E-state index is -1.03. The van der Waals surface area contributed by atoms with E-state index in [1.807, 2.05) is 30.3 Å². The van der Waals surface area contributed by atoms with E-state index in [0.29, 0.717) is 29.4 Å². The Hall–Kier alpha value is -4.27. The lowest BCUT2D eigenvalue weighted by atomic mass is 9.85. The van der Waals surface area contributed by atoms with Crippen molar-refractivity contribution >= 4 is 11.6 Å². The van der Waals surface area contributed by atoms with Crippen molar-refractivity contribution in [1.82, 2.24) is 19.6 Å². The van der Waals surface area contributed by atoms with Crippen LogP contribution in [0.3, 0.4) is 0 Å². The van der Waals surface area contributed by atoms with E-state index in [1.165, 1.54) is 18.0 Å². The topological polar surface area (TPSA) is 82.2 Å². The highest BCUT2D eigenvalue weighted by Crippen LogP contribution is 2.46. The monoisotopic (exact) mass is 499 g/mol. The lowest BCUT2D eigenvalue weighted by Gasteiger charge is -2.20. The molecule has 4 aromatic rings. The molecule has 9 heteroatoms. The molecule has 8 nitrogen and oxygen atoms in total. The first-order valence-electron chi connectivity index (χ1n) is 12.2. The van der Waals surface area contributed by atoms with Crippen LogP contribution in [0, 0.1) is 11.7 Å². The Morgan fingerprint density at radius 1 is 1.05 bits per heavy atom. The van der Waals surface area contributed by atoms with E-state index in [-0.39, 0.29) is 23.0 Å². The predicted octanol–water partition coefficient (Wildman–Crippen LogP) is 4.27. The summed E-state index contributed by atoms with van der Waals surface area (Å²) in [5.41, 5.74) is 0.842. The van der Waals surface area contributed by atoms with Gasteiger partial charge in [0.25, 0.3) is 5.43 Å². The van der Waals surface area contributed by atoms with Crippen LogP contribution < -0.4 is 15.1 Å². The SMILES string of the molecule is COc1cn(-c2ccc3c(c2F)C(C)(C)C(=O)N3CC2CC2)nc(-c2ccnn2-c2ccccc2)c1=O. The molecule has 2 aromatic carbocycles. The number of rotatable bonds is 6. The number of hydrogen-bond donors (Lipinski definition) is 0. The third kappa shape index (κ3) is 3.64. The van der Waals surface area contributed by atoms with Gasteiger partial charge in [0.1, 0.15) is 5.69 Å². The maximum Gasteiger partial charge on any atom is 0.251 e. The van der Waals surface area contributed by atoms with E-state index in [4.69, 9.17) is 4.74 Å². The number of benzene rings is 2. The number of aromatic nitrogens is 4. The summed E-state index contributed by atoms with van der Waals surface area (Å²) < 4.78 is 24.5. The van der Waals surface area contributed by atoms with Crippen LogP contribution in [0.5, 0.6) is 5.75 Å². The van der Waals surface area contributed by atoms with Gasteiger partial charge in [-0.3, -0.25) is 9.59 Å². The summed E-state index contributed by atoms with van der Waals surface area (Å²) in [6.07, 6.45) is 5.12. The molecule has 1 aliphatic heterocycles. The van der Waals surface area contributed by atoms with Crippen LogP contribution in [-0.4, -0.2) is 39.1 Å². The fourth-order valence-electron chi connectivity index (χ4n) is 5.01. The van der Waals surface area contributed by atoms with Crippen LogP contribution in [0.2, 0.25) is 0 Å². The van der Waals surface area contributed by atoms with Crippen molar-refractivity contribution in [3.05, 3.63) is 82.5 Å². The van der Waals surface area contributed by atoms with Crippen molar-refractivity contribution in [2.75, 3.05) is 18.6 Å². The molecule has 3 heterocycles. The fraction of sp³-hybridized carbons (Fsp3) is 0.286. The van der Waals surface area contributed by atoms with Gasteiger partial charge >= 0.3 is 0 Å². The number of anilines is 1. The molecule has 1 fully saturated rings. The summed E-state index contributed by atoms with van der Waals surface area (Å²) in [5, 5.41) is 8.90. The Bertz CT molecular complexity index is 1590. The minimum Gasteiger partial charge on any atom is -0.491 e. The molecule has 1 aliphatic carbocycles. The molecule has 0 unspecified atom stereocenters. The molecule has 0 radical (unpaired) electrons. The molecule has 0 saturated heterocycles. The van der Waals surface area contributed by atoms with Gasteiger partial charge in [-0.2, -0.15) is 10.2 Å². The predicted molar refractivity (Wildman–Crippen MR) is 137 cm³/mol. The number of nitrogens with zero attached hydrogens (tertiary/aromatic N) is 5. The number of para-hydroxylation sites is 1. The number of halogens is 1. The van der Waals surface area contributed by atoms with Gasteiger partial charge in [-0.1, -0.05) is 18.2 Å². The van der Waals surface area contributed by atoms with Gasteiger partial charge < -0.3 is 9.64 Å². The van der Waals surface area contributed by atoms with Crippen molar-refractivity contribution in [3.8, 4) is 28.5 Å². The van der Waals surface area contributed by atoms with E-state index in [2.05, 4.69) is 10.2 Å². The molecular formula is C28H26FN5O3. The van der Waals surface area contributed by atoms with Crippen molar-refractivity contribution in [3.63, 3.8) is 0 Å². The van der Waals surface area contributed by atoms with Gasteiger partial charge in [0, 0.05) is 12.1 Å². The van der Waals surface area contributed by atoms with E-state index in [9.17, 15) is 9.59 Å². The fourth-order valence-corrected chi connectivity index (χ4v) is 5.01. The van der Waals surface area contributed by atoms with Crippen molar-refractivity contribution in [1.29, 1.82) is 0 Å². The van der Waals surface area contributed by atoms with E-state index in [0.717, 1.165) is 18.5 Å². The summed E-state index contributed by atoms with van der Waals surface area (Å²) in [5.74, 6) is -0.176. The molecule has 0 spiro atoms. The van der Waals surface area contributed by atoms with Crippen molar-refractivity contribution < 1.29 is 13.9 Å². The second-order valence-electron chi connectivity index (χ2n) is 10.1. The van der Waals surface area contributed by atoms with Crippen LogP contribution in [0.4, 0.5) is 10.1 Å². The van der Waals surface area contributed by atoms with Gasteiger partial charge in [0.15, 0.2) is 17.3 Å². The molecule has 0 bridgehead atoms. The number of hydrogen-bond acceptors (Lipinski definition) is 5. The van der Waals surface area contributed by atoms with E-state index < -0.39 is 16.7 Å². The third-order valence-electron chi connectivity index (χ3n) is 7.17. The van der Waals surface area contributed by atoms with Crippen LogP contribution in [0.1, 0.15) is 32.3 Å². The molecule has 37 heavy (non-hydrogen) atoms. The van der Waals surface area contributed by atoms with Crippen molar-refractivity contribution in [2.24, 2.45) is 5.92 Å². The number of ether oxygens (including phenoxy) is 1. The molecule has 1 saturated carbocycles. The molecule has 0 atom stereocenters. The normalized spacial score (nSPS) is 16.2. The van der Waals surface area contributed by atoms with Crippen molar-refractivity contribution in [2.45, 2.75) is 32.1 Å². The zero-order valence-corrected chi connectivity index (χ0v) is 20.8. The van der Waals surface area contributed by atoms with Gasteiger partial charge in [-0.15, -0.1) is 0 Å². The average molecular weight is 500 g/mol. The van der Waals surface area contributed by atoms with Crippen LogP contribution in [-0.2, 0) is 10.2 Å². The van der Waals surface area contributed by atoms with Gasteiger partial charge in [-0.05, 0) is 62.9 Å². The Labute approximate surface area is 212 Å². The first-order valence-corrected chi connectivity index (χ1v) is 12.2. The number of methoxy groups -OCH3 is 1. The molecular weight excluding hydrogens is 473 g/mol. The van der Waals surface area contributed by atoms with Gasteiger partial charge in [0.2, 0.25) is 5.91 Å². The molecule has 6 rings (SSSR count). The van der Waals surface area contributed by atoms with Crippen LogP contribution >= 0.6 is 0 Å². The summed E-state index contributed by atoms with van der Waals surface area (Å²) in [6, 6.07) is 14.4. The molecule has 2 aromatic heterocycles. The van der Waals surface area contributed by atoms with Gasteiger partial charge in [-0.25, -0.2) is 13.8 Å². The first-order chi connectivity index (χ1) is 17.8. The number of fused-ring (bicyclic) bond motifs is 1. The second kappa shape index (κ2) is 8.40. The second-order valence-corrected chi connectivity index (χ2v) is 10.1. The van der Waals surface area contributed by atoms with E-state index in [1.54, 1.807) is 47.8 Å². The Balaban J connectivity index is 1.51. The maximum absolute atomic E-state index is 16.2. The summed E-state index contributed by atoms with van der Waals surface area (Å²) in [6.45, 7) is 4.10. The third-order valence-corrected chi connectivity index (χ3v) is 7.17. The zero-order valence-electron chi connectivity index (χ0n) is 20.8. The smallest absolute Gasteiger partial charge is 0.251 e. The van der Waals surface area contributed by atoms with Crippen LogP contribution in [0.15, 0.2) is 65.7 Å². The standard InChI is InChI=1S/C28H26FN5O3/c1-28(2)23-19(32(27(28)36)15-17-9-10-17)11-12-20(24(23)29)33-16-22(37-3)26(35)25(31-33)21-13-14-30-34(21)18-7-5-4-6-8-18/h4-8,11-14,16-17H,9-10,15H2,1-3H3.